The Morgan fingerprint density at radius 1 is 0.654 bits per heavy atom. The van der Waals surface area contributed by atoms with Crippen molar-refractivity contribution in [3.8, 4) is 11.6 Å². The highest BCUT2D eigenvalue weighted by atomic mass is 16.5. The van der Waals surface area contributed by atoms with Crippen LogP contribution in [-0.2, 0) is 51.8 Å². The first-order valence-electron chi connectivity index (χ1n) is 25.9. The van der Waals surface area contributed by atoms with Crippen molar-refractivity contribution < 1.29 is 19.1 Å². The molecule has 18 heteroatoms. The lowest BCUT2D eigenvalue weighted by atomic mass is 9.95. The van der Waals surface area contributed by atoms with E-state index in [0.717, 1.165) is 61.5 Å². The van der Waals surface area contributed by atoms with Crippen molar-refractivity contribution in [2.75, 3.05) is 12.4 Å². The number of carbonyl (C=O) groups excluding carboxylic acids is 2. The topological polar surface area (TPSA) is 202 Å². The molecule has 0 saturated heterocycles. The van der Waals surface area contributed by atoms with E-state index in [1.54, 1.807) is 50.0 Å². The molecule has 414 valence electrons. The zero-order valence-electron chi connectivity index (χ0n) is 47.1. The van der Waals surface area contributed by atoms with Crippen molar-refractivity contribution in [3.05, 3.63) is 240 Å². The van der Waals surface area contributed by atoms with Crippen LogP contribution < -0.4 is 25.8 Å². The molecule has 9 aromatic rings. The van der Waals surface area contributed by atoms with E-state index in [4.69, 9.17) is 9.47 Å². The summed E-state index contributed by atoms with van der Waals surface area (Å²) in [5.74, 6) is 1.66. The Morgan fingerprint density at radius 2 is 1.25 bits per heavy atom. The van der Waals surface area contributed by atoms with Gasteiger partial charge < -0.3 is 33.4 Å². The second kappa shape index (κ2) is 27.0. The van der Waals surface area contributed by atoms with Crippen LogP contribution in [0.3, 0.4) is 0 Å². The van der Waals surface area contributed by atoms with Gasteiger partial charge in [0.25, 0.3) is 0 Å². The Hall–Kier alpha value is -10.1. The zero-order chi connectivity index (χ0) is 58.2. The van der Waals surface area contributed by atoms with Crippen molar-refractivity contribution >= 4 is 51.4 Å². The number of amides is 3. The number of anilines is 1. The van der Waals surface area contributed by atoms with Crippen LogP contribution in [0.15, 0.2) is 201 Å². The largest absolute Gasteiger partial charge is 0.471 e. The van der Waals surface area contributed by atoms with Gasteiger partial charge in [-0.2, -0.15) is 15.0 Å². The highest BCUT2D eigenvalue weighted by Crippen LogP contribution is 2.28. The Labute approximate surface area is 471 Å². The van der Waals surface area contributed by atoms with Gasteiger partial charge in [0.15, 0.2) is 16.8 Å². The smallest absolute Gasteiger partial charge is 0.347 e. The Balaban J connectivity index is 0.000000173. The highest BCUT2D eigenvalue weighted by molar-refractivity contribution is 5.92. The minimum Gasteiger partial charge on any atom is -0.471 e. The average Bonchev–Trinajstić information content (AvgIpc) is 4.04. The summed E-state index contributed by atoms with van der Waals surface area (Å²) in [4.78, 5) is 66.4. The number of imidazole rings is 2. The number of hydrogen-bond acceptors (Lipinski definition) is 12. The number of carbonyl (C=O) groups is 2. The van der Waals surface area contributed by atoms with Crippen molar-refractivity contribution in [3.63, 3.8) is 0 Å². The fraction of sp³-hybridized carbons (Fsp3) is 0.206. The van der Waals surface area contributed by atoms with E-state index in [1.165, 1.54) is 9.47 Å². The molecule has 0 atom stereocenters. The number of aromatic nitrogens is 10. The molecule has 0 spiro atoms. The number of nitrogens with one attached hydrogen (secondary N) is 2. The first kappa shape index (κ1) is 58.6. The quantitative estimate of drug-likeness (QED) is 0.0977. The monoisotopic (exact) mass is 1090 g/mol. The van der Waals surface area contributed by atoms with Gasteiger partial charge in [-0.05, 0) is 64.1 Å². The maximum atomic E-state index is 12.5. The summed E-state index contributed by atoms with van der Waals surface area (Å²) in [6, 6.07) is 38.8. The summed E-state index contributed by atoms with van der Waals surface area (Å²) in [5.41, 5.74) is 11.8. The van der Waals surface area contributed by atoms with Crippen LogP contribution in [0, 0.1) is 5.41 Å². The second-order valence-corrected chi connectivity index (χ2v) is 20.1. The number of ether oxygens (including phenoxy) is 2. The number of hydrogen-bond donors (Lipinski definition) is 2. The molecule has 5 aromatic heterocycles. The fourth-order valence-electron chi connectivity index (χ4n) is 7.63. The van der Waals surface area contributed by atoms with Crippen molar-refractivity contribution in [1.29, 1.82) is 0 Å². The number of rotatable bonds is 14. The van der Waals surface area contributed by atoms with Gasteiger partial charge in [0, 0.05) is 64.5 Å². The normalized spacial score (nSPS) is 11.9. The van der Waals surface area contributed by atoms with E-state index in [-0.39, 0.29) is 42.0 Å². The van der Waals surface area contributed by atoms with Gasteiger partial charge in [-0.15, -0.1) is 0 Å². The Kier molecular flexibility index (Phi) is 19.5. The predicted molar refractivity (Wildman–Crippen MR) is 318 cm³/mol. The molecule has 0 unspecified atom stereocenters. The van der Waals surface area contributed by atoms with Crippen LogP contribution in [0.2, 0.25) is 0 Å². The standard InChI is InChI=1S/C27H29N5O3.C15H14N4.C14H14N2O.C7H10N2O/c1-18(27(2,3)4)35-21-13-11-20(12-14-21)16-34-25-23-24(32(5)17-28-23)30-26(31-25)29-22(33)15-19-9-7-6-8-10-19;1-11(12-6-4-3-5-7-12)8-13-14-15(17-9-16-13)19(2)10-18-14;1-11(12-6-4-3-5-7-12)10-13-8-9-16(2)14(17)15-13;1-5-4-9(3)7(10)8-6(5)2/h6-14,17H,1,15-16H2,2-5H3,(H,29,30,31,33);3-7,9-10H,1,8H2,2H3;3-9H,1,10H2,2H3;4H,2H2,1,3H3,(H,8,10). The number of allylic oxidation sites excluding steroid dienone is 4. The minimum atomic E-state index is -0.233. The molecule has 10 rings (SSSR count). The molecule has 18 nitrogen and oxygen atoms in total. The molecule has 0 radical (unpaired) electrons. The molecule has 1 aliphatic heterocycles. The van der Waals surface area contributed by atoms with E-state index in [2.05, 4.69) is 105 Å². The van der Waals surface area contributed by atoms with Crippen LogP contribution in [0.5, 0.6) is 11.6 Å². The van der Waals surface area contributed by atoms with Crippen LogP contribution in [-0.4, -0.2) is 72.5 Å². The summed E-state index contributed by atoms with van der Waals surface area (Å²) in [5, 5.41) is 5.37. The first-order chi connectivity index (χ1) is 38.7. The van der Waals surface area contributed by atoms with Crippen molar-refractivity contribution in [2.24, 2.45) is 26.6 Å². The van der Waals surface area contributed by atoms with Crippen LogP contribution in [0.25, 0.3) is 33.5 Å². The first-order valence-corrected chi connectivity index (χ1v) is 25.9. The molecule has 2 N–H and O–H groups in total. The fourth-order valence-corrected chi connectivity index (χ4v) is 7.63. The van der Waals surface area contributed by atoms with E-state index in [9.17, 15) is 14.4 Å². The van der Waals surface area contributed by atoms with Crippen LogP contribution in [0.1, 0.15) is 61.3 Å². The molecule has 1 aliphatic rings. The number of benzene rings is 4. The molecule has 4 aromatic carbocycles. The van der Waals surface area contributed by atoms with Gasteiger partial charge in [-0.3, -0.25) is 10.1 Å². The second-order valence-electron chi connectivity index (χ2n) is 20.1. The van der Waals surface area contributed by atoms with E-state index in [1.807, 2.05) is 135 Å². The predicted octanol–water partition coefficient (Wildman–Crippen LogP) is 10.8. The van der Waals surface area contributed by atoms with E-state index >= 15 is 0 Å². The number of aryl methyl sites for hydroxylation is 3. The molecule has 0 bridgehead atoms. The zero-order valence-corrected chi connectivity index (χ0v) is 47.1. The Bertz CT molecular complexity index is 3790. The highest BCUT2D eigenvalue weighted by Gasteiger charge is 2.19. The molecule has 3 amide bonds. The lowest BCUT2D eigenvalue weighted by molar-refractivity contribution is -0.115. The summed E-state index contributed by atoms with van der Waals surface area (Å²) in [7, 11) is 7.14. The third-order valence-electron chi connectivity index (χ3n) is 12.5. The Morgan fingerprint density at radius 3 is 1.85 bits per heavy atom. The number of urea groups is 1. The summed E-state index contributed by atoms with van der Waals surface area (Å²) < 4.78 is 16.9. The third kappa shape index (κ3) is 16.5. The van der Waals surface area contributed by atoms with Gasteiger partial charge in [-0.25, -0.2) is 29.5 Å². The molecule has 81 heavy (non-hydrogen) atoms. The maximum absolute atomic E-state index is 12.5. The maximum Gasteiger partial charge on any atom is 0.347 e. The van der Waals surface area contributed by atoms with Gasteiger partial charge in [0.05, 0.1) is 30.5 Å². The van der Waals surface area contributed by atoms with Gasteiger partial charge in [0.2, 0.25) is 17.7 Å². The molecular formula is C63H67N13O5. The van der Waals surface area contributed by atoms with E-state index < -0.39 is 0 Å². The average molecular weight is 1090 g/mol. The van der Waals surface area contributed by atoms with Crippen molar-refractivity contribution in [1.82, 2.24) is 58.8 Å². The molecule has 0 saturated carbocycles. The lowest BCUT2D eigenvalue weighted by Crippen LogP contribution is -2.37. The molecular weight excluding hydrogens is 1020 g/mol. The van der Waals surface area contributed by atoms with E-state index in [0.29, 0.717) is 47.1 Å². The molecule has 0 aliphatic carbocycles. The SMILES string of the molecule is C=C(Cc1ccn(C)c(=O)n1)c1ccccc1.C=C(Cc1ncnc2c1ncn2C)c1ccccc1.C=C(Oc1ccc(COc2nc(NC(=O)Cc3ccccc3)nc3c2ncn3C)cc1)C(C)(C)C.C=C1NC(=O)N(C)C=C1C. The lowest BCUT2D eigenvalue weighted by Gasteiger charge is -2.21. The number of nitrogens with zero attached hydrogens (tertiary/aromatic N) is 11. The number of fused-ring (bicyclic) bond motifs is 2. The minimum absolute atomic E-state index is 0.129. The molecule has 0 fully saturated rings. The van der Waals surface area contributed by atoms with Crippen LogP contribution in [0.4, 0.5) is 10.7 Å². The summed E-state index contributed by atoms with van der Waals surface area (Å²) in [6.07, 6.45) is 9.95. The van der Waals surface area contributed by atoms with Gasteiger partial charge in [-0.1, -0.05) is 150 Å². The van der Waals surface area contributed by atoms with Gasteiger partial charge in [0.1, 0.15) is 30.0 Å². The van der Waals surface area contributed by atoms with Crippen LogP contribution >= 0.6 is 0 Å². The van der Waals surface area contributed by atoms with Gasteiger partial charge >= 0.3 is 11.7 Å². The third-order valence-corrected chi connectivity index (χ3v) is 12.5. The summed E-state index contributed by atoms with van der Waals surface area (Å²) >= 11 is 0. The summed E-state index contributed by atoms with van der Waals surface area (Å²) in [6.45, 7) is 24.1. The van der Waals surface area contributed by atoms with Crippen molar-refractivity contribution in [2.45, 2.75) is 53.6 Å². The molecule has 6 heterocycles.